The zero-order valence-electron chi connectivity index (χ0n) is 10.3. The Bertz CT molecular complexity index is 375. The van der Waals surface area contributed by atoms with E-state index in [1.54, 1.807) is 10.9 Å². The van der Waals surface area contributed by atoms with Gasteiger partial charge in [-0.15, -0.1) is 0 Å². The Hall–Kier alpha value is -0.640. The monoisotopic (exact) mass is 298 g/mol. The summed E-state index contributed by atoms with van der Waals surface area (Å²) in [6.07, 6.45) is 10.0. The summed E-state index contributed by atoms with van der Waals surface area (Å²) in [5.41, 5.74) is 0.709. The molecule has 17 heavy (non-hydrogen) atoms. The highest BCUT2D eigenvalue weighted by atomic mass is 79.9. The van der Waals surface area contributed by atoms with Crippen molar-refractivity contribution in [1.29, 1.82) is 0 Å². The Kier molecular flexibility index (Phi) is 4.37. The van der Waals surface area contributed by atoms with Crippen LogP contribution in [-0.2, 0) is 7.05 Å². The highest BCUT2D eigenvalue weighted by Crippen LogP contribution is 2.28. The third-order valence-corrected chi connectivity index (χ3v) is 4.24. The molecule has 1 aromatic rings. The van der Waals surface area contributed by atoms with Gasteiger partial charge in [0, 0.05) is 13.5 Å². The largest absolute Gasteiger partial charge is 0.292 e. The van der Waals surface area contributed by atoms with Crippen molar-refractivity contribution in [1.82, 2.24) is 9.78 Å². The van der Waals surface area contributed by atoms with E-state index in [0.717, 1.165) is 16.8 Å². The lowest BCUT2D eigenvalue weighted by atomic mass is 9.85. The predicted octanol–water partition coefficient (Wildman–Crippen LogP) is 3.73. The second kappa shape index (κ2) is 5.80. The molecule has 0 saturated heterocycles. The van der Waals surface area contributed by atoms with Crippen LogP contribution in [0.15, 0.2) is 10.7 Å². The number of carbonyl (C=O) groups is 1. The van der Waals surface area contributed by atoms with E-state index < -0.39 is 0 Å². The van der Waals surface area contributed by atoms with Gasteiger partial charge in [0.05, 0.1) is 10.7 Å². The van der Waals surface area contributed by atoms with Crippen molar-refractivity contribution in [3.8, 4) is 0 Å². The zero-order valence-corrected chi connectivity index (χ0v) is 11.9. The molecule has 0 amide bonds. The van der Waals surface area contributed by atoms with E-state index in [1.165, 1.54) is 32.1 Å². The van der Waals surface area contributed by atoms with Crippen molar-refractivity contribution in [3.05, 3.63) is 16.4 Å². The van der Waals surface area contributed by atoms with Crippen LogP contribution in [0.25, 0.3) is 0 Å². The van der Waals surface area contributed by atoms with Crippen molar-refractivity contribution in [3.63, 3.8) is 0 Å². The Labute approximate surface area is 111 Å². The van der Waals surface area contributed by atoms with Crippen LogP contribution in [0.2, 0.25) is 0 Å². The molecule has 0 spiro atoms. The minimum atomic E-state index is 0.211. The van der Waals surface area contributed by atoms with E-state index in [9.17, 15) is 4.79 Å². The molecule has 0 N–H and O–H groups in total. The third kappa shape index (κ3) is 3.18. The number of ketones is 1. The van der Waals surface area contributed by atoms with Crippen molar-refractivity contribution < 1.29 is 4.79 Å². The molecule has 0 aromatic carbocycles. The van der Waals surface area contributed by atoms with Crippen LogP contribution in [0, 0.1) is 5.92 Å². The lowest BCUT2D eigenvalue weighted by molar-refractivity contribution is 0.0960. The number of carbonyl (C=O) groups excluding carboxylic acids is 1. The summed E-state index contributed by atoms with van der Waals surface area (Å²) in [5.74, 6) is 0.974. The first-order valence-electron chi connectivity index (χ1n) is 6.39. The minimum Gasteiger partial charge on any atom is -0.292 e. The molecule has 1 saturated carbocycles. The fraction of sp³-hybridized carbons (Fsp3) is 0.692. The summed E-state index contributed by atoms with van der Waals surface area (Å²) in [5, 5.41) is 4.08. The standard InChI is InChI=1S/C13H19BrN2O/c1-16-13(11(14)9-15-16)12(17)8-7-10-5-3-2-4-6-10/h9-10H,2-8H2,1H3. The normalized spacial score (nSPS) is 17.3. The molecule has 3 nitrogen and oxygen atoms in total. The van der Waals surface area contributed by atoms with E-state index in [4.69, 9.17) is 0 Å². The van der Waals surface area contributed by atoms with Crippen LogP contribution in [0.3, 0.4) is 0 Å². The third-order valence-electron chi connectivity index (χ3n) is 3.66. The average molecular weight is 299 g/mol. The van der Waals surface area contributed by atoms with Gasteiger partial charge in [0.15, 0.2) is 5.78 Å². The summed E-state index contributed by atoms with van der Waals surface area (Å²) in [7, 11) is 1.82. The number of rotatable bonds is 4. The molecule has 0 atom stereocenters. The molecule has 1 fully saturated rings. The van der Waals surface area contributed by atoms with Crippen LogP contribution < -0.4 is 0 Å². The molecule has 4 heteroatoms. The zero-order chi connectivity index (χ0) is 12.3. The molecule has 1 aromatic heterocycles. The maximum Gasteiger partial charge on any atom is 0.182 e. The van der Waals surface area contributed by atoms with Gasteiger partial charge in [-0.05, 0) is 28.3 Å². The molecule has 2 rings (SSSR count). The van der Waals surface area contributed by atoms with Crippen molar-refractivity contribution in [2.24, 2.45) is 13.0 Å². The van der Waals surface area contributed by atoms with Crippen molar-refractivity contribution in [2.45, 2.75) is 44.9 Å². The molecule has 1 heterocycles. The van der Waals surface area contributed by atoms with Gasteiger partial charge < -0.3 is 0 Å². The first-order chi connectivity index (χ1) is 8.18. The summed E-state index contributed by atoms with van der Waals surface area (Å²) in [4.78, 5) is 12.1. The fourth-order valence-electron chi connectivity index (χ4n) is 2.65. The van der Waals surface area contributed by atoms with Gasteiger partial charge in [0.2, 0.25) is 0 Å². The van der Waals surface area contributed by atoms with Crippen molar-refractivity contribution in [2.75, 3.05) is 0 Å². The number of halogens is 1. The summed E-state index contributed by atoms with van der Waals surface area (Å²) >= 11 is 3.38. The van der Waals surface area contributed by atoms with Crippen LogP contribution in [0.4, 0.5) is 0 Å². The molecule has 0 aliphatic heterocycles. The van der Waals surface area contributed by atoms with E-state index in [1.807, 2.05) is 7.05 Å². The molecule has 1 aliphatic carbocycles. The predicted molar refractivity (Wildman–Crippen MR) is 71.0 cm³/mol. The van der Waals surface area contributed by atoms with Crippen molar-refractivity contribution >= 4 is 21.7 Å². The highest BCUT2D eigenvalue weighted by molar-refractivity contribution is 9.10. The molecule has 0 bridgehead atoms. The van der Waals surface area contributed by atoms with Gasteiger partial charge in [-0.25, -0.2) is 0 Å². The number of hydrogen-bond acceptors (Lipinski definition) is 2. The Morgan fingerprint density at radius 3 is 2.76 bits per heavy atom. The summed E-state index contributed by atoms with van der Waals surface area (Å²) in [6, 6.07) is 0. The number of nitrogens with zero attached hydrogens (tertiary/aromatic N) is 2. The first-order valence-corrected chi connectivity index (χ1v) is 7.18. The maximum absolute atomic E-state index is 12.1. The molecule has 1 aliphatic rings. The fourth-order valence-corrected chi connectivity index (χ4v) is 3.22. The molecule has 94 valence electrons. The van der Waals surface area contributed by atoms with Crippen LogP contribution in [0.5, 0.6) is 0 Å². The first kappa shape index (κ1) is 12.8. The Morgan fingerprint density at radius 2 is 2.18 bits per heavy atom. The Balaban J connectivity index is 1.89. The highest BCUT2D eigenvalue weighted by Gasteiger charge is 2.18. The number of hydrogen-bond donors (Lipinski definition) is 0. The minimum absolute atomic E-state index is 0.211. The second-order valence-corrected chi connectivity index (χ2v) is 5.78. The van der Waals surface area contributed by atoms with Crippen LogP contribution in [-0.4, -0.2) is 15.6 Å². The van der Waals surface area contributed by atoms with Crippen LogP contribution in [0.1, 0.15) is 55.4 Å². The maximum atomic E-state index is 12.1. The number of aryl methyl sites for hydroxylation is 1. The van der Waals surface area contributed by atoms with E-state index in [0.29, 0.717) is 12.1 Å². The van der Waals surface area contributed by atoms with Gasteiger partial charge in [-0.1, -0.05) is 32.1 Å². The smallest absolute Gasteiger partial charge is 0.182 e. The van der Waals surface area contributed by atoms with Gasteiger partial charge in [0.1, 0.15) is 5.69 Å². The van der Waals surface area contributed by atoms with E-state index in [2.05, 4.69) is 21.0 Å². The lowest BCUT2D eigenvalue weighted by Crippen LogP contribution is -2.12. The topological polar surface area (TPSA) is 34.9 Å². The van der Waals surface area contributed by atoms with Crippen LogP contribution >= 0.6 is 15.9 Å². The van der Waals surface area contributed by atoms with Gasteiger partial charge in [-0.2, -0.15) is 5.10 Å². The molecular formula is C13H19BrN2O. The Morgan fingerprint density at radius 1 is 1.47 bits per heavy atom. The van der Waals surface area contributed by atoms with E-state index >= 15 is 0 Å². The quantitative estimate of drug-likeness (QED) is 0.794. The number of aromatic nitrogens is 2. The molecular weight excluding hydrogens is 280 g/mol. The second-order valence-electron chi connectivity index (χ2n) is 4.93. The summed E-state index contributed by atoms with van der Waals surface area (Å²) < 4.78 is 2.47. The average Bonchev–Trinajstić information content (AvgIpc) is 2.67. The molecule has 0 unspecified atom stereocenters. The lowest BCUT2D eigenvalue weighted by Gasteiger charge is -2.20. The summed E-state index contributed by atoms with van der Waals surface area (Å²) in [6.45, 7) is 0. The van der Waals surface area contributed by atoms with Gasteiger partial charge >= 0.3 is 0 Å². The number of Topliss-reactive ketones (excluding diaryl/α,β-unsaturated/α-hetero) is 1. The van der Waals surface area contributed by atoms with Gasteiger partial charge in [0.25, 0.3) is 0 Å². The SMILES string of the molecule is Cn1ncc(Br)c1C(=O)CCC1CCCCC1. The van der Waals surface area contributed by atoms with E-state index in [-0.39, 0.29) is 5.78 Å². The molecule has 0 radical (unpaired) electrons. The van der Waals surface area contributed by atoms with Gasteiger partial charge in [-0.3, -0.25) is 9.48 Å².